The molecule has 0 aliphatic heterocycles. The number of benzene rings is 2. The second-order valence-electron chi connectivity index (χ2n) is 4.18. The molecule has 3 nitrogen and oxygen atoms in total. The van der Waals surface area contributed by atoms with Crippen LogP contribution in [0, 0.1) is 0 Å². The van der Waals surface area contributed by atoms with Crippen LogP contribution in [0.1, 0.15) is 11.1 Å². The number of halogens is 1. The van der Waals surface area contributed by atoms with E-state index in [-0.39, 0.29) is 0 Å². The first-order valence-electron chi connectivity index (χ1n) is 6.20. The van der Waals surface area contributed by atoms with Crippen molar-refractivity contribution < 1.29 is 9.47 Å². The summed E-state index contributed by atoms with van der Waals surface area (Å²) in [6, 6.07) is 13.9. The smallest absolute Gasteiger partial charge is 0.161 e. The fourth-order valence-electron chi connectivity index (χ4n) is 1.80. The highest BCUT2D eigenvalue weighted by Crippen LogP contribution is 2.32. The molecular weight excluding hydrogens is 318 g/mol. The zero-order valence-electron chi connectivity index (χ0n) is 11.5. The quantitative estimate of drug-likeness (QED) is 0.771. The van der Waals surface area contributed by atoms with Gasteiger partial charge in [-0.15, -0.1) is 0 Å². The monoisotopic (exact) mass is 333 g/mol. The molecule has 0 aromatic heterocycles. The molecule has 0 heterocycles. The maximum absolute atomic E-state index is 5.29. The van der Waals surface area contributed by atoms with Gasteiger partial charge < -0.3 is 9.47 Å². The van der Waals surface area contributed by atoms with E-state index < -0.39 is 0 Å². The highest BCUT2D eigenvalue weighted by atomic mass is 79.9. The van der Waals surface area contributed by atoms with E-state index in [9.17, 15) is 0 Å². The Bertz CT molecular complexity index is 597. The third kappa shape index (κ3) is 3.61. The fraction of sp³-hybridized carbons (Fsp3) is 0.188. The first-order chi connectivity index (χ1) is 9.74. The lowest BCUT2D eigenvalue weighted by Crippen LogP contribution is -1.94. The van der Waals surface area contributed by atoms with Crippen LogP contribution in [0.5, 0.6) is 11.5 Å². The Morgan fingerprint density at radius 1 is 1.05 bits per heavy atom. The number of aliphatic imine (C=N–C) groups is 1. The van der Waals surface area contributed by atoms with Crippen LogP contribution in [-0.4, -0.2) is 20.4 Å². The van der Waals surface area contributed by atoms with Crippen LogP contribution in [0.25, 0.3) is 0 Å². The van der Waals surface area contributed by atoms with Crippen LogP contribution in [0.3, 0.4) is 0 Å². The predicted octanol–water partition coefficient (Wildman–Crippen LogP) is 4.09. The normalized spacial score (nSPS) is 10.8. The van der Waals surface area contributed by atoms with Crippen LogP contribution in [-0.2, 0) is 6.54 Å². The summed E-state index contributed by atoms with van der Waals surface area (Å²) in [6.07, 6.45) is 1.83. The van der Waals surface area contributed by atoms with Gasteiger partial charge in [-0.3, -0.25) is 4.99 Å². The van der Waals surface area contributed by atoms with E-state index in [4.69, 9.17) is 9.47 Å². The molecule has 2 aromatic rings. The fourth-order valence-corrected chi connectivity index (χ4v) is 2.23. The first kappa shape index (κ1) is 14.6. The van der Waals surface area contributed by atoms with Crippen LogP contribution in [0.4, 0.5) is 0 Å². The molecule has 0 N–H and O–H groups in total. The van der Waals surface area contributed by atoms with Crippen molar-refractivity contribution in [2.24, 2.45) is 4.99 Å². The van der Waals surface area contributed by atoms with E-state index in [1.54, 1.807) is 14.2 Å². The molecule has 0 fully saturated rings. The Morgan fingerprint density at radius 3 is 2.35 bits per heavy atom. The van der Waals surface area contributed by atoms with Gasteiger partial charge in [0, 0.05) is 16.3 Å². The first-order valence-corrected chi connectivity index (χ1v) is 6.99. The molecule has 4 heteroatoms. The standard InChI is InChI=1S/C16H16BrNO2/c1-19-15-8-13(14(17)9-16(15)20-2)11-18-10-12-6-4-3-5-7-12/h3-9,11H,10H2,1-2H3. The van der Waals surface area contributed by atoms with E-state index in [0.29, 0.717) is 18.0 Å². The Morgan fingerprint density at radius 2 is 1.70 bits per heavy atom. The molecule has 0 radical (unpaired) electrons. The topological polar surface area (TPSA) is 30.8 Å². The molecule has 0 spiro atoms. The van der Waals surface area contributed by atoms with Gasteiger partial charge in [0.15, 0.2) is 11.5 Å². The van der Waals surface area contributed by atoms with Crippen LogP contribution >= 0.6 is 15.9 Å². The van der Waals surface area contributed by atoms with Crippen molar-refractivity contribution in [2.75, 3.05) is 14.2 Å². The Balaban J connectivity index is 2.16. The lowest BCUT2D eigenvalue weighted by Gasteiger charge is -2.09. The Hall–Kier alpha value is -1.81. The van der Waals surface area contributed by atoms with Crippen molar-refractivity contribution in [3.8, 4) is 11.5 Å². The Kier molecular flexibility index (Phi) is 5.18. The number of ether oxygens (including phenoxy) is 2. The van der Waals surface area contributed by atoms with Crippen molar-refractivity contribution in [3.05, 3.63) is 58.1 Å². The summed E-state index contributed by atoms with van der Waals surface area (Å²) >= 11 is 3.51. The van der Waals surface area contributed by atoms with Gasteiger partial charge in [0.2, 0.25) is 0 Å². The van der Waals surface area contributed by atoms with Gasteiger partial charge in [-0.25, -0.2) is 0 Å². The largest absolute Gasteiger partial charge is 0.493 e. The van der Waals surface area contributed by atoms with Gasteiger partial charge >= 0.3 is 0 Å². The van der Waals surface area contributed by atoms with E-state index in [1.165, 1.54) is 5.56 Å². The van der Waals surface area contributed by atoms with E-state index in [0.717, 1.165) is 10.0 Å². The van der Waals surface area contributed by atoms with Crippen molar-refractivity contribution in [1.29, 1.82) is 0 Å². The number of hydrogen-bond donors (Lipinski definition) is 0. The highest BCUT2D eigenvalue weighted by Gasteiger charge is 2.07. The molecule has 0 atom stereocenters. The molecule has 2 aromatic carbocycles. The zero-order chi connectivity index (χ0) is 14.4. The molecule has 104 valence electrons. The molecule has 0 saturated heterocycles. The summed E-state index contributed by atoms with van der Waals surface area (Å²) in [4.78, 5) is 4.45. The number of methoxy groups -OCH3 is 2. The number of hydrogen-bond acceptors (Lipinski definition) is 3. The molecule has 0 unspecified atom stereocenters. The summed E-state index contributed by atoms with van der Waals surface area (Å²) in [5.74, 6) is 1.39. The van der Waals surface area contributed by atoms with Crippen LogP contribution in [0.15, 0.2) is 51.9 Å². The van der Waals surface area contributed by atoms with Gasteiger partial charge in [-0.1, -0.05) is 30.3 Å². The van der Waals surface area contributed by atoms with Gasteiger partial charge in [0.05, 0.1) is 20.8 Å². The third-order valence-corrected chi connectivity index (χ3v) is 3.54. The zero-order valence-corrected chi connectivity index (χ0v) is 13.1. The maximum atomic E-state index is 5.29. The second kappa shape index (κ2) is 7.10. The lowest BCUT2D eigenvalue weighted by molar-refractivity contribution is 0.354. The molecule has 0 aliphatic rings. The summed E-state index contributed by atoms with van der Waals surface area (Å²) in [6.45, 7) is 0.654. The summed E-state index contributed by atoms with van der Waals surface area (Å²) in [5, 5.41) is 0. The molecule has 0 bridgehead atoms. The number of rotatable bonds is 5. The Labute approximate surface area is 127 Å². The maximum Gasteiger partial charge on any atom is 0.161 e. The molecule has 0 saturated carbocycles. The third-order valence-electron chi connectivity index (χ3n) is 2.85. The van der Waals surface area contributed by atoms with E-state index in [2.05, 4.69) is 33.1 Å². The highest BCUT2D eigenvalue weighted by molar-refractivity contribution is 9.10. The molecule has 0 amide bonds. The van der Waals surface area contributed by atoms with Gasteiger partial charge in [0.1, 0.15) is 0 Å². The average Bonchev–Trinajstić information content (AvgIpc) is 2.49. The lowest BCUT2D eigenvalue weighted by atomic mass is 10.2. The summed E-state index contributed by atoms with van der Waals surface area (Å²) in [7, 11) is 3.24. The summed E-state index contributed by atoms with van der Waals surface area (Å²) in [5.41, 5.74) is 2.14. The van der Waals surface area contributed by atoms with Gasteiger partial charge in [-0.2, -0.15) is 0 Å². The minimum atomic E-state index is 0.654. The van der Waals surface area contributed by atoms with Gasteiger partial charge in [0.25, 0.3) is 0 Å². The predicted molar refractivity (Wildman–Crippen MR) is 85.0 cm³/mol. The summed E-state index contributed by atoms with van der Waals surface area (Å²) < 4.78 is 11.5. The van der Waals surface area contributed by atoms with Crippen molar-refractivity contribution in [2.45, 2.75) is 6.54 Å². The molecular formula is C16H16BrNO2. The minimum absolute atomic E-state index is 0.654. The SMILES string of the molecule is COc1cc(Br)c(C=NCc2ccccc2)cc1OC. The average molecular weight is 334 g/mol. The molecule has 20 heavy (non-hydrogen) atoms. The van der Waals surface area contributed by atoms with Crippen LogP contribution < -0.4 is 9.47 Å². The molecule has 0 aliphatic carbocycles. The van der Waals surface area contributed by atoms with Crippen molar-refractivity contribution >= 4 is 22.1 Å². The second-order valence-corrected chi connectivity index (χ2v) is 5.04. The van der Waals surface area contributed by atoms with Crippen molar-refractivity contribution in [1.82, 2.24) is 0 Å². The van der Waals surface area contributed by atoms with Gasteiger partial charge in [-0.05, 0) is 33.6 Å². The van der Waals surface area contributed by atoms with E-state index >= 15 is 0 Å². The van der Waals surface area contributed by atoms with Crippen molar-refractivity contribution in [3.63, 3.8) is 0 Å². The number of nitrogens with zero attached hydrogens (tertiary/aromatic N) is 1. The van der Waals surface area contributed by atoms with E-state index in [1.807, 2.05) is 36.5 Å². The molecule has 2 rings (SSSR count). The minimum Gasteiger partial charge on any atom is -0.493 e. The van der Waals surface area contributed by atoms with Crippen LogP contribution in [0.2, 0.25) is 0 Å².